The van der Waals surface area contributed by atoms with Gasteiger partial charge in [-0.05, 0) is 15.4 Å². The van der Waals surface area contributed by atoms with Crippen LogP contribution >= 0.6 is 0 Å². The molecule has 23 heavy (non-hydrogen) atoms. The zero-order valence-corrected chi connectivity index (χ0v) is 15.2. The van der Waals surface area contributed by atoms with Crippen LogP contribution in [-0.4, -0.2) is 26.1 Å². The molecule has 1 N–H and O–H groups in total. The molecule has 0 spiro atoms. The van der Waals surface area contributed by atoms with Crippen LogP contribution in [0.5, 0.6) is 0 Å². The Labute approximate surface area is 140 Å². The molecule has 0 aliphatic carbocycles. The van der Waals surface area contributed by atoms with E-state index in [2.05, 4.69) is 75.9 Å². The fraction of sp³-hybridized carbons (Fsp3) is 0.300. The first-order valence-electron chi connectivity index (χ1n) is 7.97. The van der Waals surface area contributed by atoms with E-state index in [0.717, 1.165) is 0 Å². The molecule has 0 unspecified atom stereocenters. The van der Waals surface area contributed by atoms with Gasteiger partial charge in [0.15, 0.2) is 0 Å². The minimum atomic E-state index is -2.54. The van der Waals surface area contributed by atoms with Crippen molar-refractivity contribution in [2.75, 3.05) is 6.61 Å². The minimum Gasteiger partial charge on any atom is -0.404 e. The van der Waals surface area contributed by atoms with Gasteiger partial charge >= 0.3 is 0 Å². The van der Waals surface area contributed by atoms with Crippen LogP contribution in [0.3, 0.4) is 0 Å². The molecular formula is C20H26O2Si. The third-order valence-corrected chi connectivity index (χ3v) is 9.16. The smallest absolute Gasteiger partial charge is 0.261 e. The molecule has 2 aromatic rings. The average molecular weight is 327 g/mol. The highest BCUT2D eigenvalue weighted by Gasteiger charge is 2.50. The number of hydrogen-bond acceptors (Lipinski definition) is 2. The molecule has 0 saturated heterocycles. The Morgan fingerprint density at radius 2 is 1.43 bits per heavy atom. The van der Waals surface area contributed by atoms with E-state index in [1.807, 2.05) is 12.1 Å². The molecule has 2 nitrogen and oxygen atoms in total. The molecule has 122 valence electrons. The molecule has 0 aliphatic heterocycles. The number of aliphatic hydroxyl groups is 1. The third kappa shape index (κ3) is 3.63. The molecule has 0 fully saturated rings. The van der Waals surface area contributed by atoms with Gasteiger partial charge in [-0.15, -0.1) is 6.58 Å². The normalized spacial score (nSPS) is 13.6. The topological polar surface area (TPSA) is 29.5 Å². The van der Waals surface area contributed by atoms with Gasteiger partial charge in [-0.1, -0.05) is 87.5 Å². The van der Waals surface area contributed by atoms with Crippen LogP contribution in [0.1, 0.15) is 20.8 Å². The number of aliphatic hydroxyl groups excluding tert-OH is 1. The maximum absolute atomic E-state index is 9.96. The molecule has 0 bridgehead atoms. The molecule has 0 aromatic heterocycles. The summed E-state index contributed by atoms with van der Waals surface area (Å²) in [5.74, 6) is 0. The van der Waals surface area contributed by atoms with Gasteiger partial charge in [0.1, 0.15) is 0 Å². The summed E-state index contributed by atoms with van der Waals surface area (Å²) in [6.45, 7) is 10.6. The molecule has 0 heterocycles. The SMILES string of the molecule is C=C[C@@H](O)CO[Si](c1ccccc1)(c1ccccc1)C(C)(C)C. The predicted octanol–water partition coefficient (Wildman–Crippen LogP) is 3.11. The Morgan fingerprint density at radius 1 is 1.00 bits per heavy atom. The maximum atomic E-state index is 9.96. The summed E-state index contributed by atoms with van der Waals surface area (Å²) in [5.41, 5.74) is 0. The molecule has 0 saturated carbocycles. The standard InChI is InChI=1S/C20H26O2Si/c1-5-17(21)16-22-23(20(2,3)4,18-12-8-6-9-13-18)19-14-10-7-11-15-19/h5-15,17,21H,1,16H2,2-4H3/t17-/m1/s1. The van der Waals surface area contributed by atoms with Crippen LogP contribution in [0.4, 0.5) is 0 Å². The lowest BCUT2D eigenvalue weighted by molar-refractivity contribution is 0.138. The van der Waals surface area contributed by atoms with Crippen LogP contribution in [0, 0.1) is 0 Å². The van der Waals surface area contributed by atoms with Crippen molar-refractivity contribution in [1.82, 2.24) is 0 Å². The van der Waals surface area contributed by atoms with E-state index in [1.54, 1.807) is 0 Å². The summed E-state index contributed by atoms with van der Waals surface area (Å²) in [6, 6.07) is 20.8. The maximum Gasteiger partial charge on any atom is 0.261 e. The van der Waals surface area contributed by atoms with Gasteiger partial charge in [0.25, 0.3) is 8.32 Å². The highest BCUT2D eigenvalue weighted by atomic mass is 28.4. The second-order valence-electron chi connectivity index (χ2n) is 6.78. The summed E-state index contributed by atoms with van der Waals surface area (Å²) in [6.07, 6.45) is 0.870. The van der Waals surface area contributed by atoms with Crippen LogP contribution in [0.15, 0.2) is 73.3 Å². The van der Waals surface area contributed by atoms with Crippen molar-refractivity contribution < 1.29 is 9.53 Å². The fourth-order valence-corrected chi connectivity index (χ4v) is 7.62. The van der Waals surface area contributed by atoms with Crippen molar-refractivity contribution in [2.45, 2.75) is 31.9 Å². The first-order valence-corrected chi connectivity index (χ1v) is 9.88. The summed E-state index contributed by atoms with van der Waals surface area (Å²) in [4.78, 5) is 0. The van der Waals surface area contributed by atoms with Gasteiger partial charge in [0, 0.05) is 0 Å². The van der Waals surface area contributed by atoms with Crippen molar-refractivity contribution in [3.63, 3.8) is 0 Å². The Morgan fingerprint density at radius 3 is 1.78 bits per heavy atom. The van der Waals surface area contributed by atoms with Crippen LogP contribution in [-0.2, 0) is 4.43 Å². The van der Waals surface area contributed by atoms with E-state index in [1.165, 1.54) is 16.4 Å². The van der Waals surface area contributed by atoms with E-state index >= 15 is 0 Å². The molecule has 0 aliphatic rings. The van der Waals surface area contributed by atoms with Gasteiger partial charge in [0.05, 0.1) is 12.7 Å². The lowest BCUT2D eigenvalue weighted by Gasteiger charge is -2.43. The van der Waals surface area contributed by atoms with Crippen LogP contribution in [0.2, 0.25) is 5.04 Å². The Kier molecular flexibility index (Phi) is 5.58. The van der Waals surface area contributed by atoms with Gasteiger partial charge in [-0.3, -0.25) is 0 Å². The monoisotopic (exact) mass is 326 g/mol. The van der Waals surface area contributed by atoms with Crippen molar-refractivity contribution in [3.05, 3.63) is 73.3 Å². The lowest BCUT2D eigenvalue weighted by Crippen LogP contribution is -2.67. The van der Waals surface area contributed by atoms with Gasteiger partial charge in [-0.2, -0.15) is 0 Å². The summed E-state index contributed by atoms with van der Waals surface area (Å²) in [7, 11) is -2.54. The highest BCUT2D eigenvalue weighted by molar-refractivity contribution is 6.99. The second-order valence-corrected chi connectivity index (χ2v) is 11.1. The van der Waals surface area contributed by atoms with Crippen molar-refractivity contribution in [1.29, 1.82) is 0 Å². The van der Waals surface area contributed by atoms with E-state index in [4.69, 9.17) is 4.43 Å². The fourth-order valence-electron chi connectivity index (χ4n) is 3.04. The molecule has 0 radical (unpaired) electrons. The number of benzene rings is 2. The van der Waals surface area contributed by atoms with Gasteiger partial charge in [-0.25, -0.2) is 0 Å². The van der Waals surface area contributed by atoms with E-state index < -0.39 is 14.4 Å². The lowest BCUT2D eigenvalue weighted by atomic mass is 10.2. The first kappa shape index (κ1) is 17.7. The van der Waals surface area contributed by atoms with Crippen LogP contribution in [0.25, 0.3) is 0 Å². The van der Waals surface area contributed by atoms with E-state index in [9.17, 15) is 5.11 Å². The quantitative estimate of drug-likeness (QED) is 0.653. The second kappa shape index (κ2) is 7.26. The third-order valence-electron chi connectivity index (χ3n) is 4.16. The molecule has 2 aromatic carbocycles. The van der Waals surface area contributed by atoms with Crippen molar-refractivity contribution in [3.8, 4) is 0 Å². The predicted molar refractivity (Wildman–Crippen MR) is 99.8 cm³/mol. The number of hydrogen-bond donors (Lipinski definition) is 1. The zero-order chi connectivity index (χ0) is 16.9. The van der Waals surface area contributed by atoms with E-state index in [0.29, 0.717) is 0 Å². The summed E-state index contributed by atoms with van der Waals surface area (Å²) in [5, 5.41) is 12.3. The minimum absolute atomic E-state index is 0.0728. The largest absolute Gasteiger partial charge is 0.404 e. The highest BCUT2D eigenvalue weighted by Crippen LogP contribution is 2.36. The molecule has 3 heteroatoms. The Hall–Kier alpha value is -1.68. The first-order chi connectivity index (χ1) is 10.9. The Bertz CT molecular complexity index is 578. The molecule has 0 amide bonds. The van der Waals surface area contributed by atoms with E-state index in [-0.39, 0.29) is 11.6 Å². The van der Waals surface area contributed by atoms with Crippen molar-refractivity contribution >= 4 is 18.7 Å². The van der Waals surface area contributed by atoms with Crippen molar-refractivity contribution in [2.24, 2.45) is 0 Å². The molecule has 1 atom stereocenters. The summed E-state index contributed by atoms with van der Waals surface area (Å²) >= 11 is 0. The number of rotatable bonds is 6. The van der Waals surface area contributed by atoms with Gasteiger partial charge < -0.3 is 9.53 Å². The average Bonchev–Trinajstić information content (AvgIpc) is 2.56. The zero-order valence-electron chi connectivity index (χ0n) is 14.2. The Balaban J connectivity index is 2.62. The summed E-state index contributed by atoms with van der Waals surface area (Å²) < 4.78 is 6.54. The molecule has 2 rings (SSSR count). The van der Waals surface area contributed by atoms with Crippen LogP contribution < -0.4 is 10.4 Å². The van der Waals surface area contributed by atoms with Gasteiger partial charge in [0.2, 0.25) is 0 Å². The molecular weight excluding hydrogens is 300 g/mol.